The van der Waals surface area contributed by atoms with Gasteiger partial charge in [0, 0.05) is 0 Å². The highest BCUT2D eigenvalue weighted by Crippen LogP contribution is 2.23. The van der Waals surface area contributed by atoms with E-state index in [1.54, 1.807) is 12.1 Å². The SMILES string of the molecule is COC(=O)C(OS(C)(=O)=O)c1ccc(C(C)C)cc1. The number of carbonyl (C=O) groups excluding carboxylic acids is 1. The van der Waals surface area contributed by atoms with Gasteiger partial charge in [0.2, 0.25) is 0 Å². The van der Waals surface area contributed by atoms with Gasteiger partial charge >= 0.3 is 5.97 Å². The van der Waals surface area contributed by atoms with E-state index >= 15 is 0 Å². The third-order valence-corrected chi connectivity index (χ3v) is 3.13. The molecule has 0 fully saturated rings. The zero-order valence-corrected chi connectivity index (χ0v) is 12.2. The smallest absolute Gasteiger partial charge is 0.341 e. The molecule has 0 aromatic heterocycles. The summed E-state index contributed by atoms with van der Waals surface area (Å²) >= 11 is 0. The first-order chi connectivity index (χ1) is 8.74. The van der Waals surface area contributed by atoms with Crippen molar-refractivity contribution in [2.24, 2.45) is 0 Å². The second kappa shape index (κ2) is 6.16. The lowest BCUT2D eigenvalue weighted by atomic mass is 10.00. The molecule has 1 aromatic carbocycles. The van der Waals surface area contributed by atoms with E-state index in [2.05, 4.69) is 4.74 Å². The second-order valence-electron chi connectivity index (χ2n) is 4.52. The lowest BCUT2D eigenvalue weighted by Crippen LogP contribution is -2.20. The van der Waals surface area contributed by atoms with Crippen LogP contribution >= 0.6 is 0 Å². The van der Waals surface area contributed by atoms with Crippen LogP contribution in [0.15, 0.2) is 24.3 Å². The molecule has 0 saturated heterocycles. The van der Waals surface area contributed by atoms with Crippen LogP contribution in [0.1, 0.15) is 37.0 Å². The molecule has 1 aromatic rings. The molecule has 1 unspecified atom stereocenters. The van der Waals surface area contributed by atoms with Gasteiger partial charge in [-0.15, -0.1) is 0 Å². The van der Waals surface area contributed by atoms with Crippen molar-refractivity contribution < 1.29 is 22.1 Å². The van der Waals surface area contributed by atoms with Crippen molar-refractivity contribution in [3.05, 3.63) is 35.4 Å². The minimum atomic E-state index is -3.75. The molecule has 1 atom stereocenters. The number of benzene rings is 1. The maximum Gasteiger partial charge on any atom is 0.341 e. The van der Waals surface area contributed by atoms with Gasteiger partial charge < -0.3 is 4.74 Å². The summed E-state index contributed by atoms with van der Waals surface area (Å²) in [6, 6.07) is 7.01. The topological polar surface area (TPSA) is 69.7 Å². The van der Waals surface area contributed by atoms with Gasteiger partial charge in [0.1, 0.15) is 0 Å². The summed E-state index contributed by atoms with van der Waals surface area (Å²) in [7, 11) is -2.57. The Labute approximate surface area is 113 Å². The van der Waals surface area contributed by atoms with Gasteiger partial charge in [0.15, 0.2) is 6.10 Å². The molecule has 5 nitrogen and oxygen atoms in total. The lowest BCUT2D eigenvalue weighted by Gasteiger charge is -2.15. The first-order valence-electron chi connectivity index (χ1n) is 5.80. The fraction of sp³-hybridized carbons (Fsp3) is 0.462. The minimum absolute atomic E-state index is 0.349. The van der Waals surface area contributed by atoms with Crippen LogP contribution in [0, 0.1) is 0 Å². The molecule has 0 aliphatic heterocycles. The van der Waals surface area contributed by atoms with E-state index in [1.807, 2.05) is 26.0 Å². The molecule has 0 bridgehead atoms. The van der Waals surface area contributed by atoms with E-state index in [9.17, 15) is 13.2 Å². The number of rotatable bonds is 5. The van der Waals surface area contributed by atoms with Crippen molar-refractivity contribution in [3.63, 3.8) is 0 Å². The monoisotopic (exact) mass is 286 g/mol. The molecule has 1 rings (SSSR count). The number of hydrogen-bond donors (Lipinski definition) is 0. The molecular weight excluding hydrogens is 268 g/mol. The molecule has 0 radical (unpaired) electrons. The predicted octanol–water partition coefficient (Wildman–Crippen LogP) is 2.00. The van der Waals surface area contributed by atoms with Crippen molar-refractivity contribution in [2.75, 3.05) is 13.4 Å². The van der Waals surface area contributed by atoms with Crippen LogP contribution < -0.4 is 0 Å². The number of carbonyl (C=O) groups is 1. The Morgan fingerprint density at radius 2 is 1.58 bits per heavy atom. The van der Waals surface area contributed by atoms with E-state index in [0.29, 0.717) is 11.5 Å². The highest BCUT2D eigenvalue weighted by atomic mass is 32.2. The van der Waals surface area contributed by atoms with Gasteiger partial charge in [-0.3, -0.25) is 4.18 Å². The van der Waals surface area contributed by atoms with Gasteiger partial charge in [-0.2, -0.15) is 8.42 Å². The molecule has 106 valence electrons. The highest BCUT2D eigenvalue weighted by Gasteiger charge is 2.26. The molecule has 0 aliphatic rings. The maximum atomic E-state index is 11.6. The van der Waals surface area contributed by atoms with Gasteiger partial charge in [-0.1, -0.05) is 38.1 Å². The Morgan fingerprint density at radius 3 is 1.95 bits per heavy atom. The zero-order chi connectivity index (χ0) is 14.6. The van der Waals surface area contributed by atoms with Crippen LogP contribution in [0.3, 0.4) is 0 Å². The third kappa shape index (κ3) is 4.65. The van der Waals surface area contributed by atoms with Gasteiger partial charge in [-0.25, -0.2) is 4.79 Å². The Balaban J connectivity index is 3.07. The summed E-state index contributed by atoms with van der Waals surface area (Å²) in [5, 5.41) is 0. The highest BCUT2D eigenvalue weighted by molar-refractivity contribution is 7.86. The van der Waals surface area contributed by atoms with Crippen molar-refractivity contribution in [1.29, 1.82) is 0 Å². The van der Waals surface area contributed by atoms with Crippen molar-refractivity contribution in [3.8, 4) is 0 Å². The summed E-state index contributed by atoms with van der Waals surface area (Å²) in [6.45, 7) is 4.08. The Kier molecular flexibility index (Phi) is 5.08. The summed E-state index contributed by atoms with van der Waals surface area (Å²) < 4.78 is 31.7. The van der Waals surface area contributed by atoms with Crippen molar-refractivity contribution in [1.82, 2.24) is 0 Å². The number of esters is 1. The van der Waals surface area contributed by atoms with Crippen LogP contribution in [-0.2, 0) is 23.8 Å². The van der Waals surface area contributed by atoms with Crippen LogP contribution in [0.25, 0.3) is 0 Å². The average molecular weight is 286 g/mol. The first-order valence-corrected chi connectivity index (χ1v) is 7.62. The second-order valence-corrected chi connectivity index (χ2v) is 6.13. The number of methoxy groups -OCH3 is 1. The molecule has 0 amide bonds. The van der Waals surface area contributed by atoms with E-state index in [-0.39, 0.29) is 0 Å². The first kappa shape index (κ1) is 15.7. The standard InChI is InChI=1S/C13H18O5S/c1-9(2)10-5-7-11(8-6-10)12(13(14)17-3)18-19(4,15)16/h5-9,12H,1-4H3. The lowest BCUT2D eigenvalue weighted by molar-refractivity contribution is -0.149. The Bertz CT molecular complexity index is 531. The third-order valence-electron chi connectivity index (χ3n) is 2.59. The summed E-state index contributed by atoms with van der Waals surface area (Å²) in [6.07, 6.45) is -0.368. The molecule has 6 heteroatoms. The van der Waals surface area contributed by atoms with E-state index in [1.165, 1.54) is 7.11 Å². The van der Waals surface area contributed by atoms with E-state index in [4.69, 9.17) is 4.18 Å². The molecule has 0 N–H and O–H groups in total. The largest absolute Gasteiger partial charge is 0.467 e. The van der Waals surface area contributed by atoms with Crippen LogP contribution in [0.5, 0.6) is 0 Å². The molecule has 19 heavy (non-hydrogen) atoms. The van der Waals surface area contributed by atoms with Gasteiger partial charge in [-0.05, 0) is 17.0 Å². The molecule has 0 saturated carbocycles. The van der Waals surface area contributed by atoms with Crippen molar-refractivity contribution in [2.45, 2.75) is 25.9 Å². The summed E-state index contributed by atoms with van der Waals surface area (Å²) in [4.78, 5) is 11.6. The molecular formula is C13H18O5S. The predicted molar refractivity (Wildman–Crippen MR) is 71.2 cm³/mol. The van der Waals surface area contributed by atoms with Gasteiger partial charge in [0.25, 0.3) is 10.1 Å². The Morgan fingerprint density at radius 1 is 1.11 bits per heavy atom. The summed E-state index contributed by atoms with van der Waals surface area (Å²) in [5.41, 5.74) is 1.54. The van der Waals surface area contributed by atoms with Crippen LogP contribution in [0.2, 0.25) is 0 Å². The summed E-state index contributed by atoms with van der Waals surface area (Å²) in [5.74, 6) is -0.399. The normalized spacial score (nSPS) is 13.3. The fourth-order valence-electron chi connectivity index (χ4n) is 1.57. The van der Waals surface area contributed by atoms with E-state index < -0.39 is 22.2 Å². The molecule has 0 heterocycles. The minimum Gasteiger partial charge on any atom is -0.467 e. The number of hydrogen-bond acceptors (Lipinski definition) is 5. The van der Waals surface area contributed by atoms with Crippen molar-refractivity contribution >= 4 is 16.1 Å². The zero-order valence-electron chi connectivity index (χ0n) is 11.4. The van der Waals surface area contributed by atoms with E-state index in [0.717, 1.165) is 11.8 Å². The maximum absolute atomic E-state index is 11.6. The molecule has 0 aliphatic carbocycles. The van der Waals surface area contributed by atoms with Crippen LogP contribution in [0.4, 0.5) is 0 Å². The molecule has 0 spiro atoms. The van der Waals surface area contributed by atoms with Crippen LogP contribution in [-0.4, -0.2) is 27.8 Å². The number of ether oxygens (including phenoxy) is 1. The average Bonchev–Trinajstić information content (AvgIpc) is 2.34. The Hall–Kier alpha value is -1.40. The fourth-order valence-corrected chi connectivity index (χ4v) is 2.11. The quantitative estimate of drug-likeness (QED) is 0.611. The van der Waals surface area contributed by atoms with Gasteiger partial charge in [0.05, 0.1) is 13.4 Å².